The number of hydrogen-bond acceptors (Lipinski definition) is 6. The largest absolute Gasteiger partial charge is 0.462 e. The van der Waals surface area contributed by atoms with Gasteiger partial charge in [0.2, 0.25) is 5.91 Å². The van der Waals surface area contributed by atoms with Gasteiger partial charge in [0, 0.05) is 26.2 Å². The van der Waals surface area contributed by atoms with Crippen LogP contribution >= 0.6 is 0 Å². The van der Waals surface area contributed by atoms with Crippen LogP contribution in [0.2, 0.25) is 12.1 Å². The third-order valence-corrected chi connectivity index (χ3v) is 5.69. The maximum Gasteiger partial charge on any atom is 0.306 e. The van der Waals surface area contributed by atoms with Gasteiger partial charge in [-0.1, -0.05) is 51.7 Å². The number of nitrogens with one attached hydrogen (secondary N) is 1. The quantitative estimate of drug-likeness (QED) is 0.161. The zero-order valence-corrected chi connectivity index (χ0v) is 20.4. The highest BCUT2D eigenvalue weighted by molar-refractivity contribution is 6.37. The van der Waals surface area contributed by atoms with E-state index < -0.39 is 0 Å². The molecule has 1 rings (SSSR count). The summed E-state index contributed by atoms with van der Waals surface area (Å²) in [6.07, 6.45) is 10.4. The van der Waals surface area contributed by atoms with Crippen LogP contribution in [0.5, 0.6) is 0 Å². The van der Waals surface area contributed by atoms with Gasteiger partial charge in [0.05, 0.1) is 32.8 Å². The number of hydrogen-bond donors (Lipinski definition) is 1. The maximum absolute atomic E-state index is 11.8. The molecule has 0 aliphatic heterocycles. The molecule has 0 unspecified atom stereocenters. The molecule has 1 aliphatic carbocycles. The fourth-order valence-corrected chi connectivity index (χ4v) is 3.68. The molecule has 0 aromatic rings. The van der Waals surface area contributed by atoms with Gasteiger partial charge < -0.3 is 24.3 Å². The SMILES string of the molecule is CCC(CC)OC(=O)CCC(=O)NCCCOCCOCCOCCC[B]C1CCCC1. The lowest BCUT2D eigenvalue weighted by molar-refractivity contribution is -0.150. The molecule has 0 aromatic carbocycles. The Labute approximate surface area is 195 Å². The lowest BCUT2D eigenvalue weighted by Crippen LogP contribution is -2.26. The maximum atomic E-state index is 11.8. The predicted octanol–water partition coefficient (Wildman–Crippen LogP) is 3.93. The Morgan fingerprint density at radius 2 is 1.47 bits per heavy atom. The molecule has 32 heavy (non-hydrogen) atoms. The minimum atomic E-state index is -0.305. The molecule has 1 aliphatic rings. The van der Waals surface area contributed by atoms with Gasteiger partial charge in [-0.25, -0.2) is 0 Å². The summed E-state index contributed by atoms with van der Waals surface area (Å²) in [7, 11) is 2.47. The monoisotopic (exact) mass is 454 g/mol. The van der Waals surface area contributed by atoms with Crippen molar-refractivity contribution >= 4 is 19.2 Å². The van der Waals surface area contributed by atoms with Gasteiger partial charge in [-0.05, 0) is 25.7 Å². The Balaban J connectivity index is 1.76. The van der Waals surface area contributed by atoms with E-state index in [4.69, 9.17) is 18.9 Å². The van der Waals surface area contributed by atoms with E-state index in [1.54, 1.807) is 0 Å². The van der Waals surface area contributed by atoms with E-state index in [0.717, 1.165) is 44.4 Å². The second-order valence-electron chi connectivity index (χ2n) is 8.39. The van der Waals surface area contributed by atoms with Crippen LogP contribution in [0.1, 0.15) is 78.1 Å². The Kier molecular flexibility index (Phi) is 18.5. The van der Waals surface area contributed by atoms with E-state index in [2.05, 4.69) is 12.6 Å². The molecular formula is C24H45BNO6. The average Bonchev–Trinajstić information content (AvgIpc) is 3.32. The van der Waals surface area contributed by atoms with Crippen LogP contribution in [-0.2, 0) is 28.5 Å². The highest BCUT2D eigenvalue weighted by Crippen LogP contribution is 2.29. The van der Waals surface area contributed by atoms with Crippen molar-refractivity contribution in [1.82, 2.24) is 5.32 Å². The van der Waals surface area contributed by atoms with Crippen LogP contribution in [0, 0.1) is 0 Å². The second kappa shape index (κ2) is 20.5. The minimum absolute atomic E-state index is 0.0473. The first-order valence-electron chi connectivity index (χ1n) is 12.7. The van der Waals surface area contributed by atoms with Crippen molar-refractivity contribution in [3.05, 3.63) is 0 Å². The van der Waals surface area contributed by atoms with E-state index >= 15 is 0 Å². The van der Waals surface area contributed by atoms with E-state index in [1.165, 1.54) is 25.7 Å². The van der Waals surface area contributed by atoms with Crippen molar-refractivity contribution in [2.45, 2.75) is 96.3 Å². The molecule has 1 amide bonds. The van der Waals surface area contributed by atoms with Gasteiger partial charge in [0.15, 0.2) is 0 Å². The molecule has 8 heteroatoms. The highest BCUT2D eigenvalue weighted by Gasteiger charge is 2.15. The summed E-state index contributed by atoms with van der Waals surface area (Å²) in [5.41, 5.74) is 0. The first-order chi connectivity index (χ1) is 15.7. The topological polar surface area (TPSA) is 83.1 Å². The molecule has 1 radical (unpaired) electrons. The summed E-state index contributed by atoms with van der Waals surface area (Å²) in [6, 6.07) is 0. The molecule has 1 fully saturated rings. The van der Waals surface area contributed by atoms with Gasteiger partial charge in [0.25, 0.3) is 0 Å². The smallest absolute Gasteiger partial charge is 0.306 e. The zero-order chi connectivity index (χ0) is 23.3. The van der Waals surface area contributed by atoms with Crippen molar-refractivity contribution in [1.29, 1.82) is 0 Å². The number of rotatable bonds is 21. The van der Waals surface area contributed by atoms with Gasteiger partial charge in [-0.15, -0.1) is 0 Å². The Bertz CT molecular complexity index is 469. The average molecular weight is 454 g/mol. The lowest BCUT2D eigenvalue weighted by atomic mass is 9.60. The summed E-state index contributed by atoms with van der Waals surface area (Å²) in [5, 5.41) is 2.80. The Hall–Kier alpha value is -1.12. The third kappa shape index (κ3) is 16.5. The van der Waals surface area contributed by atoms with Crippen molar-refractivity contribution in [2.75, 3.05) is 46.2 Å². The summed E-state index contributed by atoms with van der Waals surface area (Å²) < 4.78 is 21.9. The molecule has 7 nitrogen and oxygen atoms in total. The van der Waals surface area contributed by atoms with Gasteiger partial charge in [-0.2, -0.15) is 0 Å². The first kappa shape index (κ1) is 28.9. The Morgan fingerprint density at radius 1 is 0.875 bits per heavy atom. The van der Waals surface area contributed by atoms with Crippen LogP contribution in [0.25, 0.3) is 0 Å². The van der Waals surface area contributed by atoms with Gasteiger partial charge >= 0.3 is 5.97 Å². The molecule has 0 saturated heterocycles. The molecule has 0 spiro atoms. The van der Waals surface area contributed by atoms with Crippen LogP contribution in [0.15, 0.2) is 0 Å². The number of carbonyl (C=O) groups is 2. The van der Waals surface area contributed by atoms with E-state index in [9.17, 15) is 9.59 Å². The molecule has 1 saturated carbocycles. The zero-order valence-electron chi connectivity index (χ0n) is 20.4. The van der Waals surface area contributed by atoms with E-state index in [0.29, 0.717) is 39.6 Å². The fraction of sp³-hybridized carbons (Fsp3) is 0.917. The van der Waals surface area contributed by atoms with Crippen LogP contribution in [-0.4, -0.2) is 71.4 Å². The molecule has 0 aromatic heterocycles. The van der Waals surface area contributed by atoms with Gasteiger partial charge in [-0.3, -0.25) is 9.59 Å². The number of amides is 1. The first-order valence-corrected chi connectivity index (χ1v) is 12.7. The normalized spacial score (nSPS) is 14.1. The summed E-state index contributed by atoms with van der Waals surface area (Å²) in [4.78, 5) is 23.4. The van der Waals surface area contributed by atoms with Crippen LogP contribution in [0.3, 0.4) is 0 Å². The summed E-state index contributed by atoms with van der Waals surface area (Å²) in [6.45, 7) is 8.16. The van der Waals surface area contributed by atoms with Crippen LogP contribution in [0.4, 0.5) is 0 Å². The van der Waals surface area contributed by atoms with Crippen molar-refractivity contribution in [3.8, 4) is 0 Å². The highest BCUT2D eigenvalue weighted by atomic mass is 16.5. The number of ether oxygens (including phenoxy) is 4. The molecular weight excluding hydrogens is 409 g/mol. The fourth-order valence-electron chi connectivity index (χ4n) is 3.68. The van der Waals surface area contributed by atoms with Gasteiger partial charge in [0.1, 0.15) is 13.4 Å². The number of carbonyl (C=O) groups excluding carboxylic acids is 2. The lowest BCUT2D eigenvalue weighted by Gasteiger charge is -2.13. The third-order valence-electron chi connectivity index (χ3n) is 5.69. The number of esters is 1. The molecule has 0 bridgehead atoms. The van der Waals surface area contributed by atoms with Crippen molar-refractivity contribution in [3.63, 3.8) is 0 Å². The summed E-state index contributed by atoms with van der Waals surface area (Å²) >= 11 is 0. The molecule has 0 heterocycles. The summed E-state index contributed by atoms with van der Waals surface area (Å²) in [5.74, 6) is 0.413. The van der Waals surface area contributed by atoms with E-state index in [1.807, 2.05) is 13.8 Å². The van der Waals surface area contributed by atoms with Crippen LogP contribution < -0.4 is 5.32 Å². The Morgan fingerprint density at radius 3 is 2.09 bits per heavy atom. The minimum Gasteiger partial charge on any atom is -0.462 e. The molecule has 0 atom stereocenters. The standard InChI is InChI=1S/C24H45BNO6/c1-3-22(4-2)32-24(28)12-11-23(27)26-14-8-16-30-18-20-31-19-17-29-15-7-13-25-21-9-5-6-10-21/h21-22H,3-20H2,1-2H3,(H,26,27). The molecule has 1 N–H and O–H groups in total. The van der Waals surface area contributed by atoms with Crippen molar-refractivity contribution < 1.29 is 28.5 Å². The van der Waals surface area contributed by atoms with Crippen molar-refractivity contribution in [2.24, 2.45) is 0 Å². The van der Waals surface area contributed by atoms with E-state index in [-0.39, 0.29) is 30.8 Å². The predicted molar refractivity (Wildman–Crippen MR) is 127 cm³/mol. The molecule has 185 valence electrons. The second-order valence-corrected chi connectivity index (χ2v) is 8.39.